The number of carbonyl (C=O) groups is 1. The molecule has 0 aliphatic heterocycles. The van der Waals surface area contributed by atoms with Gasteiger partial charge in [0.15, 0.2) is 0 Å². The molecule has 0 aromatic heterocycles. The number of nitrogens with zero attached hydrogens (tertiary/aromatic N) is 1. The number of aryl methyl sites for hydroxylation is 1. The molecule has 0 saturated carbocycles. The average molecular weight is 419 g/mol. The fourth-order valence-corrected chi connectivity index (χ4v) is 4.42. The van der Waals surface area contributed by atoms with Gasteiger partial charge in [0.2, 0.25) is 15.9 Å². The van der Waals surface area contributed by atoms with Crippen molar-refractivity contribution in [2.45, 2.75) is 45.4 Å². The number of rotatable bonds is 9. The smallest absolute Gasteiger partial charge is 0.243 e. The normalized spacial score (nSPS) is 11.7. The minimum absolute atomic E-state index is 0.148. The third-order valence-corrected chi connectivity index (χ3v) is 6.53. The summed E-state index contributed by atoms with van der Waals surface area (Å²) in [6.07, 6.45) is 0. The van der Waals surface area contributed by atoms with E-state index in [4.69, 9.17) is 4.74 Å². The summed E-state index contributed by atoms with van der Waals surface area (Å²) in [7, 11) is -3.79. The van der Waals surface area contributed by atoms with Gasteiger partial charge >= 0.3 is 0 Å². The number of hydrogen-bond donors (Lipinski definition) is 1. The van der Waals surface area contributed by atoms with Crippen molar-refractivity contribution in [3.8, 4) is 5.75 Å². The molecule has 0 unspecified atom stereocenters. The predicted octanol–water partition coefficient (Wildman–Crippen LogP) is 4.17. The first-order valence-corrected chi connectivity index (χ1v) is 11.3. The van der Waals surface area contributed by atoms with Crippen LogP contribution in [0.3, 0.4) is 0 Å². The van der Waals surface area contributed by atoms with E-state index >= 15 is 0 Å². The second-order valence-corrected chi connectivity index (χ2v) is 9.05. The summed E-state index contributed by atoms with van der Waals surface area (Å²) >= 11 is 0. The molecule has 2 aromatic rings. The van der Waals surface area contributed by atoms with Crippen molar-refractivity contribution >= 4 is 21.6 Å². The molecule has 0 aliphatic carbocycles. The Labute approximate surface area is 173 Å². The van der Waals surface area contributed by atoms with E-state index < -0.39 is 10.0 Å². The zero-order valence-corrected chi connectivity index (χ0v) is 18.5. The average Bonchev–Trinajstić information content (AvgIpc) is 2.68. The van der Waals surface area contributed by atoms with Crippen molar-refractivity contribution in [2.24, 2.45) is 0 Å². The topological polar surface area (TPSA) is 75.7 Å². The molecule has 2 rings (SSSR count). The Morgan fingerprint density at radius 1 is 1.10 bits per heavy atom. The third-order valence-electron chi connectivity index (χ3n) is 4.62. The number of nitrogens with one attached hydrogen (secondary N) is 1. The number of benzene rings is 2. The van der Waals surface area contributed by atoms with Crippen LogP contribution < -0.4 is 10.1 Å². The lowest BCUT2D eigenvalue weighted by Crippen LogP contribution is -2.37. The zero-order chi connectivity index (χ0) is 21.6. The SMILES string of the molecule is CCOc1ccc(S(=O)(=O)N(CC)CC(=O)Nc2ccc(C(C)C)cc2)cc1C. The minimum Gasteiger partial charge on any atom is -0.494 e. The van der Waals surface area contributed by atoms with Crippen LogP contribution in [0.25, 0.3) is 0 Å². The number of hydrogen-bond acceptors (Lipinski definition) is 4. The van der Waals surface area contributed by atoms with Crippen molar-refractivity contribution in [2.75, 3.05) is 25.0 Å². The van der Waals surface area contributed by atoms with Crippen molar-refractivity contribution in [3.63, 3.8) is 0 Å². The minimum atomic E-state index is -3.79. The van der Waals surface area contributed by atoms with Gasteiger partial charge in [-0.15, -0.1) is 0 Å². The molecule has 1 N–H and O–H groups in total. The van der Waals surface area contributed by atoms with E-state index in [0.29, 0.717) is 24.0 Å². The van der Waals surface area contributed by atoms with Crippen molar-refractivity contribution in [3.05, 3.63) is 53.6 Å². The standard InChI is InChI=1S/C22H30N2O4S/c1-6-24(15-22(25)23-19-10-8-18(9-11-19)16(3)4)29(26,27)20-12-13-21(28-7-2)17(5)14-20/h8-14,16H,6-7,15H2,1-5H3,(H,23,25). The maximum absolute atomic E-state index is 13.0. The lowest BCUT2D eigenvalue weighted by atomic mass is 10.0. The molecule has 0 atom stereocenters. The Kier molecular flexibility index (Phi) is 7.81. The summed E-state index contributed by atoms with van der Waals surface area (Å²) in [5, 5.41) is 2.77. The predicted molar refractivity (Wildman–Crippen MR) is 116 cm³/mol. The van der Waals surface area contributed by atoms with Crippen molar-refractivity contribution < 1.29 is 17.9 Å². The van der Waals surface area contributed by atoms with E-state index in [1.165, 1.54) is 15.9 Å². The lowest BCUT2D eigenvalue weighted by Gasteiger charge is -2.21. The summed E-state index contributed by atoms with van der Waals surface area (Å²) in [5.74, 6) is 0.672. The Morgan fingerprint density at radius 3 is 2.28 bits per heavy atom. The number of anilines is 1. The second-order valence-electron chi connectivity index (χ2n) is 7.12. The van der Waals surface area contributed by atoms with Crippen LogP contribution in [0.2, 0.25) is 0 Å². The second kappa shape index (κ2) is 9.89. The highest BCUT2D eigenvalue weighted by Crippen LogP contribution is 2.24. The molecule has 0 fully saturated rings. The van der Waals surface area contributed by atoms with Crippen molar-refractivity contribution in [1.82, 2.24) is 4.31 Å². The Morgan fingerprint density at radius 2 is 1.76 bits per heavy atom. The van der Waals surface area contributed by atoms with Gasteiger partial charge in [-0.2, -0.15) is 4.31 Å². The molecule has 0 saturated heterocycles. The van der Waals surface area contributed by atoms with E-state index in [9.17, 15) is 13.2 Å². The number of amides is 1. The molecule has 1 amide bonds. The fraction of sp³-hybridized carbons (Fsp3) is 0.409. The monoisotopic (exact) mass is 418 g/mol. The third kappa shape index (κ3) is 5.81. The number of sulfonamides is 1. The van der Waals surface area contributed by atoms with Crippen LogP contribution in [0.1, 0.15) is 44.7 Å². The molecule has 0 aliphatic rings. The molecular formula is C22H30N2O4S. The maximum atomic E-state index is 13.0. The molecule has 0 heterocycles. The quantitative estimate of drug-likeness (QED) is 0.663. The molecule has 2 aromatic carbocycles. The van der Waals surface area contributed by atoms with Crippen LogP contribution >= 0.6 is 0 Å². The van der Waals surface area contributed by atoms with Gasteiger partial charge in [0.1, 0.15) is 5.75 Å². The van der Waals surface area contributed by atoms with Gasteiger partial charge in [0, 0.05) is 12.2 Å². The first-order chi connectivity index (χ1) is 13.7. The Balaban J connectivity index is 2.13. The zero-order valence-electron chi connectivity index (χ0n) is 17.7. The molecule has 29 heavy (non-hydrogen) atoms. The summed E-state index contributed by atoms with van der Waals surface area (Å²) < 4.78 is 32.6. The highest BCUT2D eigenvalue weighted by Gasteiger charge is 2.26. The Hall–Kier alpha value is -2.38. The first-order valence-electron chi connectivity index (χ1n) is 9.82. The number of likely N-dealkylation sites (N-methyl/N-ethyl adjacent to an activating group) is 1. The van der Waals surface area contributed by atoms with Gasteiger partial charge in [-0.25, -0.2) is 8.42 Å². The van der Waals surface area contributed by atoms with Crippen LogP contribution in [0.5, 0.6) is 5.75 Å². The van der Waals surface area contributed by atoms with Crippen LogP contribution in [-0.2, 0) is 14.8 Å². The summed E-state index contributed by atoms with van der Waals surface area (Å²) in [6.45, 7) is 10.0. The fourth-order valence-electron chi connectivity index (χ4n) is 2.93. The number of ether oxygens (including phenoxy) is 1. The van der Waals surface area contributed by atoms with E-state index in [1.807, 2.05) is 31.2 Å². The summed E-state index contributed by atoms with van der Waals surface area (Å²) in [5.41, 5.74) is 2.55. The highest BCUT2D eigenvalue weighted by atomic mass is 32.2. The van der Waals surface area contributed by atoms with E-state index in [1.54, 1.807) is 26.0 Å². The molecule has 7 heteroatoms. The largest absolute Gasteiger partial charge is 0.494 e. The van der Waals surface area contributed by atoms with Gasteiger partial charge in [0.25, 0.3) is 0 Å². The van der Waals surface area contributed by atoms with Gasteiger partial charge in [-0.3, -0.25) is 4.79 Å². The molecule has 0 bridgehead atoms. The maximum Gasteiger partial charge on any atom is 0.243 e. The summed E-state index contributed by atoms with van der Waals surface area (Å²) in [4.78, 5) is 12.6. The van der Waals surface area contributed by atoms with E-state index in [-0.39, 0.29) is 23.9 Å². The van der Waals surface area contributed by atoms with Gasteiger partial charge < -0.3 is 10.1 Å². The van der Waals surface area contributed by atoms with E-state index in [0.717, 1.165) is 5.56 Å². The van der Waals surface area contributed by atoms with Gasteiger partial charge in [0.05, 0.1) is 18.0 Å². The van der Waals surface area contributed by atoms with Crippen LogP contribution in [-0.4, -0.2) is 38.3 Å². The van der Waals surface area contributed by atoms with Crippen LogP contribution in [0.15, 0.2) is 47.4 Å². The van der Waals surface area contributed by atoms with Gasteiger partial charge in [-0.1, -0.05) is 32.9 Å². The van der Waals surface area contributed by atoms with Crippen LogP contribution in [0.4, 0.5) is 5.69 Å². The van der Waals surface area contributed by atoms with E-state index in [2.05, 4.69) is 19.2 Å². The molecular weight excluding hydrogens is 388 g/mol. The molecule has 6 nitrogen and oxygen atoms in total. The molecule has 158 valence electrons. The Bertz CT molecular complexity index is 938. The number of carbonyl (C=O) groups excluding carboxylic acids is 1. The highest BCUT2D eigenvalue weighted by molar-refractivity contribution is 7.89. The van der Waals surface area contributed by atoms with Crippen LogP contribution in [0, 0.1) is 6.92 Å². The molecule has 0 spiro atoms. The lowest BCUT2D eigenvalue weighted by molar-refractivity contribution is -0.116. The first kappa shape index (κ1) is 22.9. The summed E-state index contributed by atoms with van der Waals surface area (Å²) in [6, 6.07) is 12.3. The molecule has 0 radical (unpaired) electrons. The van der Waals surface area contributed by atoms with Gasteiger partial charge in [-0.05, 0) is 61.2 Å². The van der Waals surface area contributed by atoms with Crippen molar-refractivity contribution in [1.29, 1.82) is 0 Å².